The van der Waals surface area contributed by atoms with Crippen LogP contribution in [0.4, 0.5) is 0 Å². The van der Waals surface area contributed by atoms with Crippen molar-refractivity contribution in [3.8, 4) is 0 Å². The number of esters is 2. The Labute approximate surface area is 312 Å². The van der Waals surface area contributed by atoms with Crippen LogP contribution in [-0.4, -0.2) is 70.0 Å². The predicted molar refractivity (Wildman–Crippen MR) is 208 cm³/mol. The summed E-state index contributed by atoms with van der Waals surface area (Å²) in [6.45, 7) is 4.05. The van der Waals surface area contributed by atoms with Gasteiger partial charge in [-0.05, 0) is 44.9 Å². The van der Waals surface area contributed by atoms with Gasteiger partial charge in [0.1, 0.15) is 19.8 Å². The van der Waals surface area contributed by atoms with E-state index in [-0.39, 0.29) is 19.6 Å². The van der Waals surface area contributed by atoms with Gasteiger partial charge in [-0.2, -0.15) is 0 Å². The van der Waals surface area contributed by atoms with E-state index in [9.17, 15) is 19.0 Å². The number of hydrogen-bond donors (Lipinski definition) is 0. The van der Waals surface area contributed by atoms with Gasteiger partial charge in [0.2, 0.25) is 0 Å². The van der Waals surface area contributed by atoms with Crippen LogP contribution in [0.2, 0.25) is 0 Å². The van der Waals surface area contributed by atoms with E-state index in [0.717, 1.165) is 51.4 Å². The topological polar surface area (TPSA) is 111 Å². The van der Waals surface area contributed by atoms with Crippen molar-refractivity contribution in [3.63, 3.8) is 0 Å². The lowest BCUT2D eigenvalue weighted by molar-refractivity contribution is -0.870. The molecule has 0 heterocycles. The number of unbranched alkanes of at least 4 members (excludes halogenated alkanes) is 19. The molecule has 0 fully saturated rings. The Morgan fingerprint density at radius 3 is 1.71 bits per heavy atom. The highest BCUT2D eigenvalue weighted by molar-refractivity contribution is 7.45. The summed E-state index contributed by atoms with van der Waals surface area (Å²) in [5.41, 5.74) is 0. The minimum atomic E-state index is -4.64. The van der Waals surface area contributed by atoms with E-state index in [2.05, 4.69) is 26.0 Å². The molecule has 0 spiro atoms. The van der Waals surface area contributed by atoms with Gasteiger partial charge in [0, 0.05) is 12.5 Å². The average molecular weight is 742 g/mol. The van der Waals surface area contributed by atoms with Crippen molar-refractivity contribution >= 4 is 19.8 Å². The van der Waals surface area contributed by atoms with E-state index in [1.165, 1.54) is 89.5 Å². The number of carbonyl (C=O) groups excluding carboxylic acids is 2. The maximum Gasteiger partial charge on any atom is 0.331 e. The van der Waals surface area contributed by atoms with E-state index in [4.69, 9.17) is 18.5 Å². The molecule has 0 N–H and O–H groups in total. The molecule has 0 aliphatic rings. The molecular formula is C41H76NO8P. The second-order valence-corrected chi connectivity index (χ2v) is 16.1. The third-order valence-electron chi connectivity index (χ3n) is 8.49. The molecule has 9 nitrogen and oxygen atoms in total. The first-order valence-corrected chi connectivity index (χ1v) is 21.7. The smallest absolute Gasteiger partial charge is 0.331 e. The highest BCUT2D eigenvalue weighted by atomic mass is 31.2. The number of quaternary nitrogens is 1. The van der Waals surface area contributed by atoms with Crippen LogP contribution in [0.15, 0.2) is 36.5 Å². The molecule has 0 amide bonds. The van der Waals surface area contributed by atoms with Gasteiger partial charge in [-0.25, -0.2) is 4.79 Å². The zero-order chi connectivity index (χ0) is 37.9. The number of likely N-dealkylation sites (N-methyl/N-ethyl adjacent to an activating group) is 1. The van der Waals surface area contributed by atoms with Crippen molar-refractivity contribution in [3.05, 3.63) is 36.5 Å². The molecule has 0 saturated carbocycles. The second-order valence-electron chi connectivity index (χ2n) is 14.7. The summed E-state index contributed by atoms with van der Waals surface area (Å²) in [4.78, 5) is 37.2. The SMILES string of the molecule is CCCCC/C=C/CCCCCCCC(=O)OC[C@H](COP(=O)([O-])OCC[N+](C)(C)C)OC(=O)/C=C/C=C/CCCCCCCCCCCCC. The Morgan fingerprint density at radius 1 is 0.647 bits per heavy atom. The van der Waals surface area contributed by atoms with Crippen LogP contribution < -0.4 is 4.89 Å². The molecule has 51 heavy (non-hydrogen) atoms. The molecule has 0 radical (unpaired) electrons. The Bertz CT molecular complexity index is 975. The molecule has 0 aromatic heterocycles. The maximum atomic E-state index is 12.5. The van der Waals surface area contributed by atoms with Gasteiger partial charge in [-0.1, -0.05) is 141 Å². The van der Waals surface area contributed by atoms with Crippen molar-refractivity contribution in [2.24, 2.45) is 0 Å². The Hall–Kier alpha value is -1.77. The van der Waals surface area contributed by atoms with Gasteiger partial charge in [0.25, 0.3) is 7.82 Å². The number of hydrogen-bond acceptors (Lipinski definition) is 8. The number of ether oxygens (including phenoxy) is 2. The van der Waals surface area contributed by atoms with Crippen molar-refractivity contribution in [2.75, 3.05) is 47.5 Å². The number of rotatable bonds is 36. The standard InChI is InChI=1S/C41H76NO8P/c1-6-8-10-12-14-16-18-20-21-22-24-26-28-30-32-34-41(44)50-39(38-49-51(45,46)48-36-35-42(3,4)5)37-47-40(43)33-31-29-27-25-23-19-17-15-13-11-9-7-2/h15,17,28,30,32,34,39H,6-14,16,18-27,29,31,33,35-38H2,1-5H3/b17-15+,30-28+,34-32+/t39-/m1/s1. The Kier molecular flexibility index (Phi) is 32.8. The molecule has 0 aromatic rings. The van der Waals surface area contributed by atoms with E-state index >= 15 is 0 Å². The quantitative estimate of drug-likeness (QED) is 0.0119. The summed E-state index contributed by atoms with van der Waals surface area (Å²) in [5, 5.41) is 0. The number of phosphoric ester groups is 1. The fourth-order valence-corrected chi connectivity index (χ4v) is 5.99. The first kappa shape index (κ1) is 49.2. The third kappa shape index (κ3) is 37.8. The van der Waals surface area contributed by atoms with Crippen molar-refractivity contribution < 1.29 is 42.1 Å². The first-order chi connectivity index (χ1) is 24.5. The van der Waals surface area contributed by atoms with Gasteiger partial charge in [0.15, 0.2) is 6.10 Å². The fourth-order valence-electron chi connectivity index (χ4n) is 5.26. The highest BCUT2D eigenvalue weighted by Crippen LogP contribution is 2.38. The van der Waals surface area contributed by atoms with Crippen LogP contribution in [-0.2, 0) is 32.7 Å². The molecule has 2 atom stereocenters. The molecule has 298 valence electrons. The van der Waals surface area contributed by atoms with E-state index in [1.54, 1.807) is 6.08 Å². The molecule has 0 aliphatic carbocycles. The lowest BCUT2D eigenvalue weighted by atomic mass is 10.1. The van der Waals surface area contributed by atoms with Crippen molar-refractivity contribution in [2.45, 2.75) is 168 Å². The summed E-state index contributed by atoms with van der Waals surface area (Å²) < 4.78 is 33.6. The fraction of sp³-hybridized carbons (Fsp3) is 0.805. The lowest BCUT2D eigenvalue weighted by Gasteiger charge is -2.28. The minimum absolute atomic E-state index is 0.0479. The van der Waals surface area contributed by atoms with Crippen molar-refractivity contribution in [1.29, 1.82) is 0 Å². The largest absolute Gasteiger partial charge is 0.756 e. The van der Waals surface area contributed by atoms with Crippen LogP contribution in [0, 0.1) is 0 Å². The third-order valence-corrected chi connectivity index (χ3v) is 9.45. The summed E-state index contributed by atoms with van der Waals surface area (Å²) in [6, 6.07) is 0. The van der Waals surface area contributed by atoms with E-state index in [1.807, 2.05) is 33.3 Å². The van der Waals surface area contributed by atoms with Gasteiger partial charge in [-0.15, -0.1) is 0 Å². The zero-order valence-electron chi connectivity index (χ0n) is 33.3. The van der Waals surface area contributed by atoms with E-state index < -0.39 is 32.5 Å². The molecule has 0 aliphatic heterocycles. The average Bonchev–Trinajstić information content (AvgIpc) is 3.07. The zero-order valence-corrected chi connectivity index (χ0v) is 34.2. The molecule has 0 bridgehead atoms. The number of carbonyl (C=O) groups is 2. The normalized spacial score (nSPS) is 14.1. The van der Waals surface area contributed by atoms with Gasteiger partial charge >= 0.3 is 11.9 Å². The van der Waals surface area contributed by atoms with Gasteiger partial charge < -0.3 is 27.9 Å². The summed E-state index contributed by atoms with van der Waals surface area (Å²) >= 11 is 0. The number of nitrogens with zero attached hydrogens (tertiary/aromatic N) is 1. The molecule has 0 aromatic carbocycles. The van der Waals surface area contributed by atoms with Crippen LogP contribution in [0.3, 0.4) is 0 Å². The summed E-state index contributed by atoms with van der Waals surface area (Å²) in [6.07, 6.45) is 36.6. The van der Waals surface area contributed by atoms with Crippen LogP contribution >= 0.6 is 7.82 Å². The van der Waals surface area contributed by atoms with Gasteiger partial charge in [-0.3, -0.25) is 9.36 Å². The Morgan fingerprint density at radius 2 is 1.14 bits per heavy atom. The monoisotopic (exact) mass is 742 g/mol. The van der Waals surface area contributed by atoms with Crippen molar-refractivity contribution in [1.82, 2.24) is 0 Å². The maximum absolute atomic E-state index is 12.5. The molecule has 0 rings (SSSR count). The first-order valence-electron chi connectivity index (χ1n) is 20.2. The molecule has 1 unspecified atom stereocenters. The lowest BCUT2D eigenvalue weighted by Crippen LogP contribution is -2.37. The van der Waals surface area contributed by atoms with Crippen LogP contribution in [0.25, 0.3) is 0 Å². The van der Waals surface area contributed by atoms with E-state index in [0.29, 0.717) is 17.4 Å². The molecular weight excluding hydrogens is 665 g/mol. The van der Waals surface area contributed by atoms with Crippen LogP contribution in [0.5, 0.6) is 0 Å². The molecule has 10 heteroatoms. The summed E-state index contributed by atoms with van der Waals surface area (Å²) in [7, 11) is 1.11. The second kappa shape index (κ2) is 34.0. The Balaban J connectivity index is 4.54. The minimum Gasteiger partial charge on any atom is -0.756 e. The molecule has 0 saturated heterocycles. The number of allylic oxidation sites excluding steroid dienone is 5. The van der Waals surface area contributed by atoms with Crippen LogP contribution in [0.1, 0.15) is 162 Å². The highest BCUT2D eigenvalue weighted by Gasteiger charge is 2.21. The summed E-state index contributed by atoms with van der Waals surface area (Å²) in [5.74, 6) is -1.10. The number of phosphoric acid groups is 1. The van der Waals surface area contributed by atoms with Gasteiger partial charge in [0.05, 0.1) is 27.7 Å². The predicted octanol–water partition coefficient (Wildman–Crippen LogP) is 10.3.